The van der Waals surface area contributed by atoms with Gasteiger partial charge in [-0.3, -0.25) is 4.98 Å². The Labute approximate surface area is 140 Å². The van der Waals surface area contributed by atoms with E-state index in [1.165, 1.54) is 51.5 Å². The fourth-order valence-corrected chi connectivity index (χ4v) is 4.07. The van der Waals surface area contributed by atoms with Crippen molar-refractivity contribution < 1.29 is 0 Å². The van der Waals surface area contributed by atoms with Gasteiger partial charge in [-0.05, 0) is 72.7 Å². The van der Waals surface area contributed by atoms with Crippen LogP contribution in [0.5, 0.6) is 0 Å². The van der Waals surface area contributed by atoms with Crippen LogP contribution in [-0.4, -0.2) is 9.97 Å². The van der Waals surface area contributed by atoms with Gasteiger partial charge in [0.1, 0.15) is 0 Å². The summed E-state index contributed by atoms with van der Waals surface area (Å²) in [6.45, 7) is 0. The zero-order chi connectivity index (χ0) is 16.1. The highest BCUT2D eigenvalue weighted by Gasteiger charge is 2.20. The summed E-state index contributed by atoms with van der Waals surface area (Å²) in [5.74, 6) is 0. The molecule has 3 nitrogen and oxygen atoms in total. The van der Waals surface area contributed by atoms with Crippen molar-refractivity contribution >= 4 is 27.5 Å². The van der Waals surface area contributed by atoms with E-state index in [0.29, 0.717) is 0 Å². The van der Waals surface area contributed by atoms with E-state index in [1.807, 2.05) is 18.3 Å². The minimum atomic E-state index is 0.804. The molecule has 2 aromatic carbocycles. The lowest BCUT2D eigenvalue weighted by atomic mass is 9.85. The van der Waals surface area contributed by atoms with E-state index in [0.717, 1.165) is 24.0 Å². The van der Waals surface area contributed by atoms with Gasteiger partial charge in [0, 0.05) is 33.9 Å². The maximum atomic E-state index is 5.87. The first kappa shape index (κ1) is 13.6. The Balaban J connectivity index is 1.88. The molecule has 2 aromatic heterocycles. The molecule has 0 radical (unpaired) electrons. The molecule has 118 valence electrons. The maximum absolute atomic E-state index is 5.87. The molecule has 0 fully saturated rings. The van der Waals surface area contributed by atoms with Crippen molar-refractivity contribution in [2.75, 3.05) is 5.73 Å². The van der Waals surface area contributed by atoms with Crippen LogP contribution in [0.1, 0.15) is 24.0 Å². The first-order valence-corrected chi connectivity index (χ1v) is 8.58. The third-order valence-corrected chi connectivity index (χ3v) is 5.21. The number of H-pyrrole nitrogens is 1. The van der Waals surface area contributed by atoms with Crippen LogP contribution in [0.4, 0.5) is 5.69 Å². The molecule has 24 heavy (non-hydrogen) atoms. The molecule has 5 rings (SSSR count). The minimum absolute atomic E-state index is 0.804. The predicted octanol–water partition coefficient (Wildman–Crippen LogP) is 4.84. The quantitative estimate of drug-likeness (QED) is 0.494. The van der Waals surface area contributed by atoms with Gasteiger partial charge >= 0.3 is 0 Å². The summed E-state index contributed by atoms with van der Waals surface area (Å²) in [7, 11) is 0. The van der Waals surface area contributed by atoms with Crippen LogP contribution >= 0.6 is 0 Å². The van der Waals surface area contributed by atoms with Crippen molar-refractivity contribution in [3.63, 3.8) is 0 Å². The molecule has 0 atom stereocenters. The highest BCUT2D eigenvalue weighted by molar-refractivity contribution is 6.08. The Hall–Kier alpha value is -2.81. The van der Waals surface area contributed by atoms with E-state index >= 15 is 0 Å². The Bertz CT molecular complexity index is 1060. The second-order valence-electron chi connectivity index (χ2n) is 6.65. The Kier molecular flexibility index (Phi) is 2.89. The van der Waals surface area contributed by atoms with Gasteiger partial charge in [-0.2, -0.15) is 0 Å². The fourth-order valence-electron chi connectivity index (χ4n) is 4.07. The molecule has 0 saturated heterocycles. The number of fused-ring (bicyclic) bond motifs is 5. The predicted molar refractivity (Wildman–Crippen MR) is 100 cm³/mol. The second-order valence-corrected chi connectivity index (χ2v) is 6.65. The van der Waals surface area contributed by atoms with E-state index in [9.17, 15) is 0 Å². The second kappa shape index (κ2) is 5.10. The lowest BCUT2D eigenvalue weighted by Gasteiger charge is -2.23. The average Bonchev–Trinajstić information content (AvgIpc) is 3.10. The van der Waals surface area contributed by atoms with Crippen molar-refractivity contribution in [2.45, 2.75) is 25.7 Å². The average molecular weight is 313 g/mol. The van der Waals surface area contributed by atoms with Gasteiger partial charge in [-0.15, -0.1) is 0 Å². The molecular formula is C21H19N3. The van der Waals surface area contributed by atoms with Gasteiger partial charge in [0.2, 0.25) is 0 Å². The molecule has 2 heterocycles. The number of benzene rings is 2. The number of nitrogens with one attached hydrogen (secondary N) is 1. The van der Waals surface area contributed by atoms with Crippen LogP contribution in [0, 0.1) is 0 Å². The third-order valence-electron chi connectivity index (χ3n) is 5.21. The molecule has 0 amide bonds. The molecule has 3 heteroatoms. The number of aromatic amines is 1. The summed E-state index contributed by atoms with van der Waals surface area (Å²) in [6.07, 6.45) is 6.70. The zero-order valence-electron chi connectivity index (χ0n) is 13.5. The number of aryl methyl sites for hydroxylation is 1. The number of pyridine rings is 1. The van der Waals surface area contributed by atoms with Gasteiger partial charge in [0.25, 0.3) is 0 Å². The smallest absolute Gasteiger partial charge is 0.0710 e. The molecule has 0 unspecified atom stereocenters. The van der Waals surface area contributed by atoms with Crippen molar-refractivity contribution in [3.8, 4) is 11.3 Å². The van der Waals surface area contributed by atoms with Crippen LogP contribution in [-0.2, 0) is 12.8 Å². The molecule has 1 aliphatic rings. The van der Waals surface area contributed by atoms with Crippen LogP contribution in [0.25, 0.3) is 33.1 Å². The molecule has 0 bridgehead atoms. The van der Waals surface area contributed by atoms with E-state index in [4.69, 9.17) is 5.73 Å². The van der Waals surface area contributed by atoms with E-state index in [2.05, 4.69) is 40.3 Å². The SMILES string of the molecule is Nc1ccc(-c2[nH]c3ccc4nccc4c3c3c2CCCC3)cc1. The van der Waals surface area contributed by atoms with Crippen LogP contribution < -0.4 is 5.73 Å². The van der Waals surface area contributed by atoms with Crippen molar-refractivity contribution in [2.24, 2.45) is 0 Å². The topological polar surface area (TPSA) is 54.7 Å². The normalized spacial score (nSPS) is 14.2. The first-order valence-electron chi connectivity index (χ1n) is 8.58. The van der Waals surface area contributed by atoms with Gasteiger partial charge in [-0.25, -0.2) is 0 Å². The van der Waals surface area contributed by atoms with Crippen LogP contribution in [0.2, 0.25) is 0 Å². The number of hydrogen-bond acceptors (Lipinski definition) is 2. The van der Waals surface area contributed by atoms with Gasteiger partial charge < -0.3 is 10.7 Å². The largest absolute Gasteiger partial charge is 0.399 e. The Morgan fingerprint density at radius 3 is 2.50 bits per heavy atom. The Morgan fingerprint density at radius 1 is 0.875 bits per heavy atom. The van der Waals surface area contributed by atoms with Crippen LogP contribution in [0.3, 0.4) is 0 Å². The summed E-state index contributed by atoms with van der Waals surface area (Å²) in [4.78, 5) is 8.18. The number of aromatic nitrogens is 2. The van der Waals surface area contributed by atoms with Crippen molar-refractivity contribution in [3.05, 3.63) is 59.8 Å². The minimum Gasteiger partial charge on any atom is -0.399 e. The van der Waals surface area contributed by atoms with E-state index in [-0.39, 0.29) is 0 Å². The monoisotopic (exact) mass is 313 g/mol. The summed E-state index contributed by atoms with van der Waals surface area (Å²) >= 11 is 0. The number of anilines is 1. The number of nitrogens with zero attached hydrogens (tertiary/aromatic N) is 1. The fraction of sp³-hybridized carbons (Fsp3) is 0.190. The van der Waals surface area contributed by atoms with Gasteiger partial charge in [-0.1, -0.05) is 12.1 Å². The van der Waals surface area contributed by atoms with Crippen molar-refractivity contribution in [1.29, 1.82) is 0 Å². The number of hydrogen-bond donors (Lipinski definition) is 2. The van der Waals surface area contributed by atoms with Gasteiger partial charge in [0.05, 0.1) is 5.52 Å². The highest BCUT2D eigenvalue weighted by Crippen LogP contribution is 2.38. The first-order chi connectivity index (χ1) is 11.8. The molecule has 0 saturated carbocycles. The maximum Gasteiger partial charge on any atom is 0.0710 e. The molecule has 0 spiro atoms. The zero-order valence-corrected chi connectivity index (χ0v) is 13.5. The van der Waals surface area contributed by atoms with E-state index < -0.39 is 0 Å². The summed E-state index contributed by atoms with van der Waals surface area (Å²) < 4.78 is 0. The van der Waals surface area contributed by atoms with Gasteiger partial charge in [0.15, 0.2) is 0 Å². The summed E-state index contributed by atoms with van der Waals surface area (Å²) in [5, 5.41) is 2.63. The lowest BCUT2D eigenvalue weighted by Crippen LogP contribution is -2.07. The lowest BCUT2D eigenvalue weighted by molar-refractivity contribution is 0.689. The number of nitrogen functional groups attached to an aromatic ring is 1. The van der Waals surface area contributed by atoms with E-state index in [1.54, 1.807) is 0 Å². The Morgan fingerprint density at radius 2 is 1.67 bits per heavy atom. The highest BCUT2D eigenvalue weighted by atomic mass is 14.7. The molecular weight excluding hydrogens is 294 g/mol. The number of rotatable bonds is 1. The summed E-state index contributed by atoms with van der Waals surface area (Å²) in [5.41, 5.74) is 14.4. The summed E-state index contributed by atoms with van der Waals surface area (Å²) in [6, 6.07) is 14.6. The molecule has 4 aromatic rings. The van der Waals surface area contributed by atoms with Crippen LogP contribution in [0.15, 0.2) is 48.7 Å². The third kappa shape index (κ3) is 1.94. The standard InChI is InChI=1S/C21H19N3/c22-14-7-5-13(6-8-14)21-16-4-2-1-3-15(16)20-17-11-12-23-18(17)9-10-19(20)24-21/h5-12,24H,1-4,22H2. The molecule has 3 N–H and O–H groups in total. The molecule has 0 aliphatic heterocycles. The number of nitrogens with two attached hydrogens (primary N) is 1. The molecule has 1 aliphatic carbocycles. The van der Waals surface area contributed by atoms with Crippen molar-refractivity contribution in [1.82, 2.24) is 9.97 Å².